The van der Waals surface area contributed by atoms with Crippen molar-refractivity contribution < 1.29 is 4.42 Å². The summed E-state index contributed by atoms with van der Waals surface area (Å²) in [6.07, 6.45) is 1.66. The molecule has 0 saturated heterocycles. The van der Waals surface area contributed by atoms with Crippen LogP contribution >= 0.6 is 11.6 Å². The molecule has 0 unspecified atom stereocenters. The zero-order valence-electron chi connectivity index (χ0n) is 17.4. The Morgan fingerprint density at radius 1 is 1.16 bits per heavy atom. The molecular weight excluding hydrogens is 410 g/mol. The van der Waals surface area contributed by atoms with Gasteiger partial charge in [0.2, 0.25) is 0 Å². The monoisotopic (exact) mass is 429 g/mol. The van der Waals surface area contributed by atoms with E-state index >= 15 is 0 Å². The number of fused-ring (bicyclic) bond motifs is 1. The SMILES string of the molecule is Cc1cc([C@@H](C)Nc2ccc(Cl)nc2)c2oc(-c3cccc(C#N)c3)c(C)c(=O)c2c1. The van der Waals surface area contributed by atoms with Crippen LogP contribution in [-0.2, 0) is 0 Å². The molecule has 1 N–H and O–H groups in total. The van der Waals surface area contributed by atoms with E-state index < -0.39 is 0 Å². The molecule has 0 aliphatic carbocycles. The fraction of sp³-hybridized carbons (Fsp3) is 0.160. The molecule has 154 valence electrons. The zero-order valence-corrected chi connectivity index (χ0v) is 18.1. The van der Waals surface area contributed by atoms with Crippen molar-refractivity contribution in [3.05, 3.63) is 92.4 Å². The molecule has 31 heavy (non-hydrogen) atoms. The zero-order chi connectivity index (χ0) is 22.1. The summed E-state index contributed by atoms with van der Waals surface area (Å²) in [6.45, 7) is 5.71. The quantitative estimate of drug-likeness (QED) is 0.392. The predicted molar refractivity (Wildman–Crippen MR) is 123 cm³/mol. The molecule has 0 aliphatic rings. The van der Waals surface area contributed by atoms with Crippen molar-refractivity contribution in [1.29, 1.82) is 5.26 Å². The van der Waals surface area contributed by atoms with Crippen LogP contribution < -0.4 is 10.7 Å². The van der Waals surface area contributed by atoms with Crippen LogP contribution in [0.25, 0.3) is 22.3 Å². The van der Waals surface area contributed by atoms with Crippen LogP contribution in [0.3, 0.4) is 0 Å². The van der Waals surface area contributed by atoms with Crippen LogP contribution in [0.1, 0.15) is 35.2 Å². The number of pyridine rings is 1. The summed E-state index contributed by atoms with van der Waals surface area (Å²) in [6, 6.07) is 16.5. The normalized spacial score (nSPS) is 11.8. The number of aryl methyl sites for hydroxylation is 1. The maximum atomic E-state index is 13.2. The lowest BCUT2D eigenvalue weighted by atomic mass is 9.98. The maximum absolute atomic E-state index is 13.2. The van der Waals surface area contributed by atoms with Crippen molar-refractivity contribution in [2.75, 3.05) is 5.32 Å². The first-order valence-corrected chi connectivity index (χ1v) is 10.2. The van der Waals surface area contributed by atoms with Crippen LogP contribution in [0.2, 0.25) is 5.15 Å². The average Bonchev–Trinajstić information content (AvgIpc) is 2.77. The van der Waals surface area contributed by atoms with Gasteiger partial charge in [-0.15, -0.1) is 0 Å². The lowest BCUT2D eigenvalue weighted by Gasteiger charge is -2.18. The second-order valence-corrected chi connectivity index (χ2v) is 7.93. The van der Waals surface area contributed by atoms with Gasteiger partial charge < -0.3 is 9.73 Å². The lowest BCUT2D eigenvalue weighted by molar-refractivity contribution is 0.605. The number of aromatic nitrogens is 1. The van der Waals surface area contributed by atoms with E-state index in [-0.39, 0.29) is 11.5 Å². The van der Waals surface area contributed by atoms with Gasteiger partial charge in [0.15, 0.2) is 5.43 Å². The number of benzene rings is 2. The van der Waals surface area contributed by atoms with Crippen molar-refractivity contribution >= 4 is 28.3 Å². The molecule has 0 saturated carbocycles. The van der Waals surface area contributed by atoms with E-state index in [1.54, 1.807) is 37.4 Å². The maximum Gasteiger partial charge on any atom is 0.196 e. The van der Waals surface area contributed by atoms with E-state index in [4.69, 9.17) is 16.0 Å². The molecule has 6 heteroatoms. The summed E-state index contributed by atoms with van der Waals surface area (Å²) in [4.78, 5) is 17.3. The lowest BCUT2D eigenvalue weighted by Crippen LogP contribution is -2.12. The Balaban J connectivity index is 1.89. The summed E-state index contributed by atoms with van der Waals surface area (Å²) in [5, 5.41) is 13.6. The number of hydrogen-bond acceptors (Lipinski definition) is 5. The van der Waals surface area contributed by atoms with Gasteiger partial charge in [-0.05, 0) is 56.7 Å². The minimum absolute atomic E-state index is 0.0797. The largest absolute Gasteiger partial charge is 0.455 e. The number of nitrogens with one attached hydrogen (secondary N) is 1. The van der Waals surface area contributed by atoms with Crippen LogP contribution in [0.15, 0.2) is 63.9 Å². The van der Waals surface area contributed by atoms with Crippen LogP contribution in [-0.4, -0.2) is 4.98 Å². The Morgan fingerprint density at radius 2 is 1.97 bits per heavy atom. The molecule has 4 aromatic rings. The fourth-order valence-electron chi connectivity index (χ4n) is 3.68. The smallest absolute Gasteiger partial charge is 0.196 e. The third kappa shape index (κ3) is 4.03. The number of nitriles is 1. The second-order valence-electron chi connectivity index (χ2n) is 7.54. The molecule has 0 bridgehead atoms. The number of hydrogen-bond donors (Lipinski definition) is 1. The highest BCUT2D eigenvalue weighted by Crippen LogP contribution is 2.32. The molecule has 0 amide bonds. The Hall–Kier alpha value is -3.62. The molecule has 2 aromatic heterocycles. The second kappa shape index (κ2) is 8.25. The van der Waals surface area contributed by atoms with Gasteiger partial charge in [-0.2, -0.15) is 5.26 Å². The Kier molecular flexibility index (Phi) is 5.50. The fourth-order valence-corrected chi connectivity index (χ4v) is 3.80. The standard InChI is InChI=1S/C25H20ClN3O2/c1-14-9-20(16(3)29-19-7-8-22(26)28-13-19)25-21(10-14)23(30)15(2)24(31-25)18-6-4-5-17(11-18)12-27/h4-11,13,16,29H,1-3H3/t16-/m1/s1. The highest BCUT2D eigenvalue weighted by Gasteiger charge is 2.19. The first kappa shape index (κ1) is 20.6. The first-order chi connectivity index (χ1) is 14.9. The third-order valence-corrected chi connectivity index (χ3v) is 5.45. The number of rotatable bonds is 4. The molecule has 1 atom stereocenters. The minimum Gasteiger partial charge on any atom is -0.455 e. The highest BCUT2D eigenvalue weighted by molar-refractivity contribution is 6.29. The Labute approximate surface area is 184 Å². The van der Waals surface area contributed by atoms with E-state index in [1.165, 1.54) is 0 Å². The average molecular weight is 430 g/mol. The molecule has 0 aliphatic heterocycles. The van der Waals surface area contributed by atoms with Gasteiger partial charge in [0.25, 0.3) is 0 Å². The summed E-state index contributed by atoms with van der Waals surface area (Å²) in [5.41, 5.74) is 4.81. The molecule has 0 radical (unpaired) electrons. The Bertz CT molecular complexity index is 1390. The number of anilines is 1. The summed E-state index contributed by atoms with van der Waals surface area (Å²) in [7, 11) is 0. The molecule has 5 nitrogen and oxygen atoms in total. The van der Waals surface area contributed by atoms with Gasteiger partial charge in [0.05, 0.1) is 34.9 Å². The van der Waals surface area contributed by atoms with Gasteiger partial charge in [-0.1, -0.05) is 29.8 Å². The first-order valence-electron chi connectivity index (χ1n) is 9.84. The third-order valence-electron chi connectivity index (χ3n) is 5.22. The molecule has 0 fully saturated rings. The van der Waals surface area contributed by atoms with Crippen molar-refractivity contribution in [3.8, 4) is 17.4 Å². The van der Waals surface area contributed by atoms with Crippen molar-refractivity contribution in [2.45, 2.75) is 26.8 Å². The van der Waals surface area contributed by atoms with Gasteiger partial charge in [-0.3, -0.25) is 4.79 Å². The highest BCUT2D eigenvalue weighted by atomic mass is 35.5. The van der Waals surface area contributed by atoms with Crippen LogP contribution in [0, 0.1) is 25.2 Å². The van der Waals surface area contributed by atoms with Crippen LogP contribution in [0.5, 0.6) is 0 Å². The predicted octanol–water partition coefficient (Wildman–Crippen LogP) is 6.17. The molecule has 2 heterocycles. The van der Waals surface area contributed by atoms with Gasteiger partial charge in [0.1, 0.15) is 16.5 Å². The summed E-state index contributed by atoms with van der Waals surface area (Å²) in [5.74, 6) is 0.472. The van der Waals surface area contributed by atoms with E-state index in [0.29, 0.717) is 38.6 Å². The Morgan fingerprint density at radius 3 is 2.68 bits per heavy atom. The molecule has 2 aromatic carbocycles. The summed E-state index contributed by atoms with van der Waals surface area (Å²) < 4.78 is 6.34. The van der Waals surface area contributed by atoms with Crippen molar-refractivity contribution in [1.82, 2.24) is 4.98 Å². The van der Waals surface area contributed by atoms with Crippen molar-refractivity contribution in [3.63, 3.8) is 0 Å². The molecular formula is C25H20ClN3O2. The van der Waals surface area contributed by atoms with Gasteiger partial charge in [-0.25, -0.2) is 4.98 Å². The molecule has 0 spiro atoms. The van der Waals surface area contributed by atoms with E-state index in [2.05, 4.69) is 16.4 Å². The summed E-state index contributed by atoms with van der Waals surface area (Å²) >= 11 is 5.88. The van der Waals surface area contributed by atoms with Gasteiger partial charge in [0, 0.05) is 16.7 Å². The number of halogens is 1. The van der Waals surface area contributed by atoms with Crippen LogP contribution in [0.4, 0.5) is 5.69 Å². The minimum atomic E-state index is -0.158. The van der Waals surface area contributed by atoms with E-state index in [0.717, 1.165) is 16.8 Å². The van der Waals surface area contributed by atoms with Crippen molar-refractivity contribution in [2.24, 2.45) is 0 Å². The van der Waals surface area contributed by atoms with Gasteiger partial charge >= 0.3 is 0 Å². The molecule has 4 rings (SSSR count). The van der Waals surface area contributed by atoms with E-state index in [1.807, 2.05) is 38.1 Å². The number of nitrogens with zero attached hydrogens (tertiary/aromatic N) is 2. The van der Waals surface area contributed by atoms with E-state index in [9.17, 15) is 10.1 Å². The topological polar surface area (TPSA) is 78.9 Å².